The van der Waals surface area contributed by atoms with Crippen LogP contribution in [0, 0.1) is 0 Å². The van der Waals surface area contributed by atoms with Crippen molar-refractivity contribution >= 4 is 21.7 Å². The Morgan fingerprint density at radius 2 is 1.88 bits per heavy atom. The summed E-state index contributed by atoms with van der Waals surface area (Å²) in [4.78, 5) is 23.3. The molecule has 1 atom stereocenters. The van der Waals surface area contributed by atoms with Crippen molar-refractivity contribution in [3.05, 3.63) is 0 Å². The minimum atomic E-state index is -3.43. The zero-order valence-corrected chi connectivity index (χ0v) is 10.5. The number of carbonyl (C=O) groups excluding carboxylic acids is 1. The Balaban J connectivity index is 4.60. The number of aliphatic carboxylic acids is 1. The molecule has 94 valence electrons. The summed E-state index contributed by atoms with van der Waals surface area (Å²) in [7, 11) is -3.43. The Labute approximate surface area is 95.2 Å². The summed E-state index contributed by atoms with van der Waals surface area (Å²) in [6, 6.07) is 0. The van der Waals surface area contributed by atoms with Crippen molar-refractivity contribution in [2.75, 3.05) is 19.3 Å². The molecule has 16 heavy (non-hydrogen) atoms. The minimum Gasteiger partial charge on any atom is -0.481 e. The minimum absolute atomic E-state index is 0.0323. The van der Waals surface area contributed by atoms with Crippen LogP contribution in [0.4, 0.5) is 0 Å². The summed E-state index contributed by atoms with van der Waals surface area (Å²) in [6.45, 7) is 3.31. The smallest absolute Gasteiger partial charge is 0.305 e. The molecule has 0 rings (SSSR count). The molecule has 6 nitrogen and oxygen atoms in total. The van der Waals surface area contributed by atoms with E-state index in [0.29, 0.717) is 6.54 Å². The van der Waals surface area contributed by atoms with Crippen LogP contribution < -0.4 is 0 Å². The number of hydrogen-bond acceptors (Lipinski definition) is 4. The molecule has 1 amide bonds. The number of carboxylic acids is 1. The lowest BCUT2D eigenvalue weighted by Gasteiger charge is -2.22. The van der Waals surface area contributed by atoms with Crippen LogP contribution in [0.2, 0.25) is 0 Å². The highest BCUT2D eigenvalue weighted by molar-refractivity contribution is 7.92. The van der Waals surface area contributed by atoms with E-state index in [1.807, 2.05) is 0 Å². The topological polar surface area (TPSA) is 91.8 Å². The normalized spacial score (nSPS) is 13.2. The van der Waals surface area contributed by atoms with E-state index in [0.717, 1.165) is 6.26 Å². The quantitative estimate of drug-likeness (QED) is 0.702. The summed E-state index contributed by atoms with van der Waals surface area (Å²) in [5.74, 6) is -1.57. The Hall–Kier alpha value is -1.11. The van der Waals surface area contributed by atoms with Gasteiger partial charge in [-0.2, -0.15) is 0 Å². The number of rotatable bonds is 6. The second-order valence-electron chi connectivity index (χ2n) is 3.53. The van der Waals surface area contributed by atoms with E-state index in [1.165, 1.54) is 11.8 Å². The zero-order valence-electron chi connectivity index (χ0n) is 9.63. The Kier molecular flexibility index (Phi) is 5.43. The average molecular weight is 251 g/mol. The number of sulfone groups is 1. The molecule has 0 aromatic heterocycles. The Bertz CT molecular complexity index is 362. The monoisotopic (exact) mass is 251 g/mol. The number of nitrogens with zero attached hydrogens (tertiary/aromatic N) is 1. The van der Waals surface area contributed by atoms with Crippen LogP contribution in [0.25, 0.3) is 0 Å². The summed E-state index contributed by atoms with van der Waals surface area (Å²) in [5, 5.41) is 7.36. The Morgan fingerprint density at radius 1 is 1.38 bits per heavy atom. The van der Waals surface area contributed by atoms with E-state index in [4.69, 9.17) is 5.11 Å². The number of carboxylic acid groups (broad SMARTS) is 1. The van der Waals surface area contributed by atoms with E-state index in [2.05, 4.69) is 0 Å². The van der Waals surface area contributed by atoms with Crippen molar-refractivity contribution in [1.82, 2.24) is 4.90 Å². The third-order valence-electron chi connectivity index (χ3n) is 2.28. The maximum atomic E-state index is 11.7. The zero-order chi connectivity index (χ0) is 12.9. The predicted molar refractivity (Wildman–Crippen MR) is 58.8 cm³/mol. The number of hydrogen-bond donors (Lipinski definition) is 1. The van der Waals surface area contributed by atoms with E-state index < -0.39 is 27.0 Å². The molecule has 0 saturated heterocycles. The third kappa shape index (κ3) is 4.61. The molecule has 0 bridgehead atoms. The van der Waals surface area contributed by atoms with Gasteiger partial charge in [0.2, 0.25) is 5.91 Å². The molecule has 0 aliphatic heterocycles. The van der Waals surface area contributed by atoms with Crippen molar-refractivity contribution in [3.63, 3.8) is 0 Å². The maximum Gasteiger partial charge on any atom is 0.305 e. The predicted octanol–water partition coefficient (Wildman–Crippen LogP) is -0.257. The first-order valence-electron chi connectivity index (χ1n) is 4.89. The second-order valence-corrected chi connectivity index (χ2v) is 5.90. The first-order chi connectivity index (χ1) is 7.20. The van der Waals surface area contributed by atoms with Crippen LogP contribution >= 0.6 is 0 Å². The number of amides is 1. The van der Waals surface area contributed by atoms with Crippen LogP contribution in [0.5, 0.6) is 0 Å². The lowest BCUT2D eigenvalue weighted by Crippen LogP contribution is -2.42. The van der Waals surface area contributed by atoms with Gasteiger partial charge in [-0.05, 0) is 13.8 Å². The van der Waals surface area contributed by atoms with Crippen molar-refractivity contribution in [1.29, 1.82) is 0 Å². The summed E-state index contributed by atoms with van der Waals surface area (Å²) < 4.78 is 22.3. The lowest BCUT2D eigenvalue weighted by atomic mass is 10.3. The molecular formula is C9H17NO5S. The molecule has 0 aliphatic carbocycles. The van der Waals surface area contributed by atoms with E-state index >= 15 is 0 Å². The molecule has 1 N–H and O–H groups in total. The fourth-order valence-corrected chi connectivity index (χ4v) is 1.61. The summed E-state index contributed by atoms with van der Waals surface area (Å²) in [6.07, 6.45) is 0.802. The van der Waals surface area contributed by atoms with Gasteiger partial charge in [-0.1, -0.05) is 0 Å². The molecule has 0 aromatic carbocycles. The van der Waals surface area contributed by atoms with Gasteiger partial charge in [0, 0.05) is 19.3 Å². The van der Waals surface area contributed by atoms with E-state index in [-0.39, 0.29) is 13.0 Å². The Morgan fingerprint density at radius 3 is 2.19 bits per heavy atom. The fourth-order valence-electron chi connectivity index (χ4n) is 1.09. The molecule has 1 unspecified atom stereocenters. The van der Waals surface area contributed by atoms with Gasteiger partial charge in [0.25, 0.3) is 0 Å². The molecule has 7 heteroatoms. The summed E-state index contributed by atoms with van der Waals surface area (Å²) >= 11 is 0. The third-order valence-corrected chi connectivity index (χ3v) is 3.77. The van der Waals surface area contributed by atoms with Crippen molar-refractivity contribution in [3.8, 4) is 0 Å². The molecule has 0 radical (unpaired) electrons. The highest BCUT2D eigenvalue weighted by atomic mass is 32.2. The van der Waals surface area contributed by atoms with Gasteiger partial charge in [0.1, 0.15) is 5.25 Å². The van der Waals surface area contributed by atoms with Gasteiger partial charge >= 0.3 is 5.97 Å². The van der Waals surface area contributed by atoms with Gasteiger partial charge < -0.3 is 10.0 Å². The first kappa shape index (κ1) is 14.9. The molecular weight excluding hydrogens is 234 g/mol. The fraction of sp³-hybridized carbons (Fsp3) is 0.778. The van der Waals surface area contributed by atoms with Gasteiger partial charge in [-0.25, -0.2) is 8.42 Å². The molecule has 0 saturated carbocycles. The van der Waals surface area contributed by atoms with Crippen molar-refractivity contribution in [2.24, 2.45) is 0 Å². The lowest BCUT2D eigenvalue weighted by molar-refractivity contribution is -0.138. The average Bonchev–Trinajstić information content (AvgIpc) is 2.15. The highest BCUT2D eigenvalue weighted by Crippen LogP contribution is 2.04. The van der Waals surface area contributed by atoms with E-state index in [9.17, 15) is 18.0 Å². The molecule has 0 aliphatic rings. The molecule has 0 heterocycles. The number of carbonyl (C=O) groups is 2. The van der Waals surface area contributed by atoms with Crippen LogP contribution in [-0.2, 0) is 19.4 Å². The van der Waals surface area contributed by atoms with E-state index in [1.54, 1.807) is 6.92 Å². The SMILES string of the molecule is CCN(CCC(=O)O)C(=O)C(C)S(C)(=O)=O. The molecule has 0 fully saturated rings. The second kappa shape index (κ2) is 5.83. The highest BCUT2D eigenvalue weighted by Gasteiger charge is 2.27. The maximum absolute atomic E-state index is 11.7. The van der Waals surface area contributed by atoms with Gasteiger partial charge in [-0.3, -0.25) is 9.59 Å². The van der Waals surface area contributed by atoms with Crippen molar-refractivity contribution in [2.45, 2.75) is 25.5 Å². The van der Waals surface area contributed by atoms with Gasteiger partial charge in [-0.15, -0.1) is 0 Å². The van der Waals surface area contributed by atoms with Crippen LogP contribution in [0.15, 0.2) is 0 Å². The first-order valence-corrected chi connectivity index (χ1v) is 6.85. The van der Waals surface area contributed by atoms with Gasteiger partial charge in [0.15, 0.2) is 9.84 Å². The van der Waals surface area contributed by atoms with Crippen molar-refractivity contribution < 1.29 is 23.1 Å². The molecule has 0 aromatic rings. The van der Waals surface area contributed by atoms with Crippen LogP contribution in [0.3, 0.4) is 0 Å². The standard InChI is InChI=1S/C9H17NO5S/c1-4-10(6-5-8(11)12)9(13)7(2)16(3,14)15/h7H,4-6H2,1-3H3,(H,11,12). The summed E-state index contributed by atoms with van der Waals surface area (Å²) in [5.41, 5.74) is 0. The van der Waals surface area contributed by atoms with Crippen LogP contribution in [-0.4, -0.2) is 54.9 Å². The molecule has 0 spiro atoms. The largest absolute Gasteiger partial charge is 0.481 e. The van der Waals surface area contributed by atoms with Gasteiger partial charge in [0.05, 0.1) is 6.42 Å². The van der Waals surface area contributed by atoms with Crippen LogP contribution in [0.1, 0.15) is 20.3 Å².